The minimum absolute atomic E-state index is 0.0611. The summed E-state index contributed by atoms with van der Waals surface area (Å²) in [6.07, 6.45) is 0. The van der Waals surface area contributed by atoms with E-state index in [4.69, 9.17) is 14.6 Å². The van der Waals surface area contributed by atoms with Crippen LogP contribution in [0.4, 0.5) is 5.69 Å². The Bertz CT molecular complexity index is 726. The second-order valence-corrected chi connectivity index (χ2v) is 4.15. The van der Waals surface area contributed by atoms with E-state index in [1.807, 2.05) is 0 Å². The van der Waals surface area contributed by atoms with Gasteiger partial charge in [-0.05, 0) is 12.1 Å². The Hall–Kier alpha value is -3.01. The van der Waals surface area contributed by atoms with E-state index in [1.165, 1.54) is 37.1 Å². The summed E-state index contributed by atoms with van der Waals surface area (Å²) in [6, 6.07) is 4.12. The fourth-order valence-electron chi connectivity index (χ4n) is 1.89. The quantitative estimate of drug-likeness (QED) is 0.618. The number of carbonyl (C=O) groups is 1. The van der Waals surface area contributed by atoms with Crippen molar-refractivity contribution in [1.29, 1.82) is 0 Å². The SMILES string of the molecule is COCc1c(C(=O)O)nnn1-c1ccc(OC)c([N+](=O)[O-])c1. The van der Waals surface area contributed by atoms with Gasteiger partial charge in [-0.1, -0.05) is 5.21 Å². The Kier molecular flexibility index (Phi) is 4.32. The van der Waals surface area contributed by atoms with E-state index < -0.39 is 10.9 Å². The molecule has 0 aliphatic heterocycles. The van der Waals surface area contributed by atoms with Crippen LogP contribution in [0, 0.1) is 10.1 Å². The summed E-state index contributed by atoms with van der Waals surface area (Å²) in [5.74, 6) is -1.18. The van der Waals surface area contributed by atoms with Gasteiger partial charge in [0.2, 0.25) is 0 Å². The Morgan fingerprint density at radius 2 is 2.18 bits per heavy atom. The molecule has 1 aromatic carbocycles. The highest BCUT2D eigenvalue weighted by Crippen LogP contribution is 2.29. The molecule has 0 spiro atoms. The number of carboxylic acids is 1. The van der Waals surface area contributed by atoms with Crippen LogP contribution in [0.3, 0.4) is 0 Å². The molecule has 2 rings (SSSR count). The number of rotatable bonds is 6. The number of hydrogen-bond donors (Lipinski definition) is 1. The van der Waals surface area contributed by atoms with E-state index in [0.29, 0.717) is 0 Å². The van der Waals surface area contributed by atoms with Crippen molar-refractivity contribution in [2.45, 2.75) is 6.61 Å². The third-order valence-electron chi connectivity index (χ3n) is 2.85. The van der Waals surface area contributed by atoms with Gasteiger partial charge in [-0.15, -0.1) is 5.10 Å². The maximum absolute atomic E-state index is 11.1. The van der Waals surface area contributed by atoms with Crippen LogP contribution in [0.2, 0.25) is 0 Å². The lowest BCUT2D eigenvalue weighted by Gasteiger charge is -2.08. The number of nitrogens with zero attached hydrogens (tertiary/aromatic N) is 4. The fourth-order valence-corrected chi connectivity index (χ4v) is 1.89. The molecule has 0 saturated heterocycles. The molecule has 0 unspecified atom stereocenters. The summed E-state index contributed by atoms with van der Waals surface area (Å²) in [6.45, 7) is -0.0611. The Morgan fingerprint density at radius 1 is 1.45 bits per heavy atom. The summed E-state index contributed by atoms with van der Waals surface area (Å²) in [4.78, 5) is 21.6. The van der Waals surface area contributed by atoms with E-state index in [1.54, 1.807) is 0 Å². The van der Waals surface area contributed by atoms with Crippen molar-refractivity contribution in [3.63, 3.8) is 0 Å². The van der Waals surface area contributed by atoms with Gasteiger partial charge >= 0.3 is 11.7 Å². The predicted octanol–water partition coefficient (Wildman–Crippen LogP) is 1.03. The average molecular weight is 308 g/mol. The lowest BCUT2D eigenvalue weighted by atomic mass is 10.2. The standard InChI is InChI=1S/C12H12N4O6/c1-21-6-9-11(12(17)18)13-14-15(9)7-3-4-10(22-2)8(5-7)16(19)20/h3-5H,6H2,1-2H3,(H,17,18). The van der Waals surface area contributed by atoms with Crippen molar-refractivity contribution >= 4 is 11.7 Å². The lowest BCUT2D eigenvalue weighted by molar-refractivity contribution is -0.385. The van der Waals surface area contributed by atoms with Crippen molar-refractivity contribution < 1.29 is 24.3 Å². The zero-order valence-electron chi connectivity index (χ0n) is 11.7. The molecule has 10 nitrogen and oxygen atoms in total. The molecule has 2 aromatic rings. The highest BCUT2D eigenvalue weighted by atomic mass is 16.6. The highest BCUT2D eigenvalue weighted by molar-refractivity contribution is 5.86. The molecule has 0 aliphatic carbocycles. The first-order valence-corrected chi connectivity index (χ1v) is 5.99. The van der Waals surface area contributed by atoms with Gasteiger partial charge in [-0.2, -0.15) is 0 Å². The van der Waals surface area contributed by atoms with Gasteiger partial charge in [0.15, 0.2) is 11.4 Å². The second kappa shape index (κ2) is 6.18. The van der Waals surface area contributed by atoms with E-state index in [9.17, 15) is 14.9 Å². The number of aromatic carboxylic acids is 1. The number of nitro benzene ring substituents is 1. The molecular weight excluding hydrogens is 296 g/mol. The van der Waals surface area contributed by atoms with E-state index >= 15 is 0 Å². The second-order valence-electron chi connectivity index (χ2n) is 4.15. The molecule has 0 fully saturated rings. The highest BCUT2D eigenvalue weighted by Gasteiger charge is 2.22. The normalized spacial score (nSPS) is 10.5. The first kappa shape index (κ1) is 15.4. The van der Waals surface area contributed by atoms with Gasteiger partial charge in [-0.25, -0.2) is 9.48 Å². The summed E-state index contributed by atoms with van der Waals surface area (Å²) in [5.41, 5.74) is -0.0925. The van der Waals surface area contributed by atoms with Crippen LogP contribution in [0.5, 0.6) is 5.75 Å². The first-order valence-electron chi connectivity index (χ1n) is 5.99. The molecule has 0 aliphatic rings. The van der Waals surface area contributed by atoms with Gasteiger partial charge in [0.1, 0.15) is 5.69 Å². The van der Waals surface area contributed by atoms with Crippen LogP contribution in [0.25, 0.3) is 5.69 Å². The Labute approximate surface area is 124 Å². The maximum atomic E-state index is 11.1. The molecule has 0 radical (unpaired) electrons. The van der Waals surface area contributed by atoms with Crippen molar-refractivity contribution in [2.75, 3.05) is 14.2 Å². The van der Waals surface area contributed by atoms with Crippen LogP contribution in [0.1, 0.15) is 16.2 Å². The molecule has 116 valence electrons. The monoisotopic (exact) mass is 308 g/mol. The minimum atomic E-state index is -1.26. The van der Waals surface area contributed by atoms with E-state index in [0.717, 1.165) is 0 Å². The van der Waals surface area contributed by atoms with Crippen LogP contribution >= 0.6 is 0 Å². The van der Waals surface area contributed by atoms with Crippen molar-refractivity contribution in [1.82, 2.24) is 15.0 Å². The molecule has 1 heterocycles. The van der Waals surface area contributed by atoms with Gasteiger partial charge in [0, 0.05) is 13.2 Å². The largest absolute Gasteiger partial charge is 0.490 e. The molecule has 1 aromatic heterocycles. The Balaban J connectivity index is 2.59. The van der Waals surface area contributed by atoms with Crippen LogP contribution < -0.4 is 4.74 Å². The van der Waals surface area contributed by atoms with E-state index in [-0.39, 0.29) is 35.1 Å². The maximum Gasteiger partial charge on any atom is 0.358 e. The van der Waals surface area contributed by atoms with Gasteiger partial charge in [-0.3, -0.25) is 10.1 Å². The van der Waals surface area contributed by atoms with Crippen molar-refractivity contribution in [2.24, 2.45) is 0 Å². The fraction of sp³-hybridized carbons (Fsp3) is 0.250. The van der Waals surface area contributed by atoms with Gasteiger partial charge in [0.05, 0.1) is 24.3 Å². The number of nitro groups is 1. The summed E-state index contributed by atoms with van der Waals surface area (Å²) >= 11 is 0. The van der Waals surface area contributed by atoms with Crippen molar-refractivity contribution in [3.8, 4) is 11.4 Å². The number of hydrogen-bond acceptors (Lipinski definition) is 7. The van der Waals surface area contributed by atoms with Crippen LogP contribution in [-0.4, -0.2) is 45.2 Å². The summed E-state index contributed by atoms with van der Waals surface area (Å²) in [7, 11) is 2.70. The zero-order chi connectivity index (χ0) is 16.3. The molecule has 0 bridgehead atoms. The number of methoxy groups -OCH3 is 2. The predicted molar refractivity (Wildman–Crippen MR) is 72.2 cm³/mol. The van der Waals surface area contributed by atoms with Crippen LogP contribution in [-0.2, 0) is 11.3 Å². The minimum Gasteiger partial charge on any atom is -0.490 e. The smallest absolute Gasteiger partial charge is 0.358 e. The number of carboxylic acid groups (broad SMARTS) is 1. The molecule has 22 heavy (non-hydrogen) atoms. The lowest BCUT2D eigenvalue weighted by Crippen LogP contribution is -2.08. The average Bonchev–Trinajstić information content (AvgIpc) is 2.90. The number of benzene rings is 1. The van der Waals surface area contributed by atoms with Gasteiger partial charge < -0.3 is 14.6 Å². The molecule has 10 heteroatoms. The summed E-state index contributed by atoms with van der Waals surface area (Å²) in [5, 5.41) is 27.4. The first-order chi connectivity index (χ1) is 10.5. The van der Waals surface area contributed by atoms with Crippen LogP contribution in [0.15, 0.2) is 18.2 Å². The third-order valence-corrected chi connectivity index (χ3v) is 2.85. The molecule has 1 N–H and O–H groups in total. The molecule has 0 amide bonds. The number of aromatic nitrogens is 3. The Morgan fingerprint density at radius 3 is 2.73 bits per heavy atom. The molecular formula is C12H12N4O6. The third kappa shape index (κ3) is 2.72. The number of ether oxygens (including phenoxy) is 2. The molecule has 0 atom stereocenters. The topological polar surface area (TPSA) is 130 Å². The summed E-state index contributed by atoms with van der Waals surface area (Å²) < 4.78 is 11.0. The van der Waals surface area contributed by atoms with Gasteiger partial charge in [0.25, 0.3) is 0 Å². The van der Waals surface area contributed by atoms with E-state index in [2.05, 4.69) is 10.3 Å². The van der Waals surface area contributed by atoms with Crippen molar-refractivity contribution in [3.05, 3.63) is 39.7 Å². The zero-order valence-corrected chi connectivity index (χ0v) is 11.7. The molecule has 0 saturated carbocycles.